The maximum absolute atomic E-state index is 12.7. The molecule has 0 saturated carbocycles. The Hall–Kier alpha value is -3.13. The zero-order valence-electron chi connectivity index (χ0n) is 15.7. The summed E-state index contributed by atoms with van der Waals surface area (Å²) in [6.07, 6.45) is 3.20. The number of piperazine rings is 1. The number of hydrogen-bond acceptors (Lipinski definition) is 6. The molecule has 148 valence electrons. The lowest BCUT2D eigenvalue weighted by Gasteiger charge is -2.36. The van der Waals surface area contributed by atoms with Gasteiger partial charge in [-0.05, 0) is 42.1 Å². The van der Waals surface area contributed by atoms with Crippen LogP contribution >= 0.6 is 11.8 Å². The topological polar surface area (TPSA) is 73.8 Å². The highest BCUT2D eigenvalue weighted by atomic mass is 32.2. The highest BCUT2D eigenvalue weighted by molar-refractivity contribution is 8.18. The second-order valence-electron chi connectivity index (χ2n) is 6.73. The Morgan fingerprint density at radius 3 is 2.41 bits per heavy atom. The van der Waals surface area contributed by atoms with E-state index >= 15 is 0 Å². The second-order valence-corrected chi connectivity index (χ2v) is 7.72. The van der Waals surface area contributed by atoms with Gasteiger partial charge < -0.3 is 9.80 Å². The largest absolute Gasteiger partial charge is 0.368 e. The molecule has 2 fully saturated rings. The molecule has 4 rings (SSSR count). The number of thioether (sulfide) groups is 1. The van der Waals surface area contributed by atoms with Gasteiger partial charge in [-0.3, -0.25) is 24.3 Å². The third-order valence-electron chi connectivity index (χ3n) is 4.89. The van der Waals surface area contributed by atoms with Crippen LogP contribution in [-0.2, 0) is 9.59 Å². The molecule has 2 saturated heterocycles. The lowest BCUT2D eigenvalue weighted by atomic mass is 10.2. The number of rotatable bonds is 4. The standard InChI is InChI=1S/C21H20N4O3S/c26-19(24-12-10-23(11-13-24)17-7-2-1-3-8-17)15-25-20(27)18(29-21(25)28)14-16-6-4-5-9-22-16/h1-9,14H,10-13,15H2/b18-14-. The number of imide groups is 1. The van der Waals surface area contributed by atoms with E-state index in [9.17, 15) is 14.4 Å². The number of para-hydroxylation sites is 1. The van der Waals surface area contributed by atoms with Crippen LogP contribution in [0.5, 0.6) is 0 Å². The van der Waals surface area contributed by atoms with Gasteiger partial charge in [0.15, 0.2) is 0 Å². The van der Waals surface area contributed by atoms with Crippen molar-refractivity contribution < 1.29 is 14.4 Å². The van der Waals surface area contributed by atoms with Gasteiger partial charge in [-0.25, -0.2) is 0 Å². The van der Waals surface area contributed by atoms with E-state index in [-0.39, 0.29) is 17.4 Å². The van der Waals surface area contributed by atoms with Crippen LogP contribution in [0.4, 0.5) is 10.5 Å². The van der Waals surface area contributed by atoms with Gasteiger partial charge in [0.25, 0.3) is 11.1 Å². The molecule has 0 unspecified atom stereocenters. The molecule has 0 radical (unpaired) electrons. The predicted molar refractivity (Wildman–Crippen MR) is 112 cm³/mol. The minimum atomic E-state index is -0.443. The molecule has 1 aromatic carbocycles. The molecular formula is C21H20N4O3S. The van der Waals surface area contributed by atoms with Crippen molar-refractivity contribution in [3.05, 3.63) is 65.3 Å². The molecule has 1 aromatic heterocycles. The Morgan fingerprint density at radius 1 is 1.00 bits per heavy atom. The zero-order chi connectivity index (χ0) is 20.2. The van der Waals surface area contributed by atoms with E-state index in [0.717, 1.165) is 35.4 Å². The van der Waals surface area contributed by atoms with Crippen molar-refractivity contribution >= 4 is 40.6 Å². The SMILES string of the molecule is O=C(CN1C(=O)S/C(=C\c2ccccn2)C1=O)N1CCN(c2ccccc2)CC1. The van der Waals surface area contributed by atoms with E-state index in [0.29, 0.717) is 18.8 Å². The minimum Gasteiger partial charge on any atom is -0.368 e. The lowest BCUT2D eigenvalue weighted by Crippen LogP contribution is -2.51. The van der Waals surface area contributed by atoms with Crippen molar-refractivity contribution in [2.45, 2.75) is 0 Å². The number of pyridine rings is 1. The molecular weight excluding hydrogens is 388 g/mol. The molecule has 7 nitrogen and oxygen atoms in total. The first-order valence-electron chi connectivity index (χ1n) is 9.36. The number of carbonyl (C=O) groups is 3. The predicted octanol–water partition coefficient (Wildman–Crippen LogP) is 2.47. The van der Waals surface area contributed by atoms with E-state index in [1.54, 1.807) is 29.3 Å². The first kappa shape index (κ1) is 19.2. The summed E-state index contributed by atoms with van der Waals surface area (Å²) in [6.45, 7) is 2.34. The first-order chi connectivity index (χ1) is 14.1. The third-order valence-corrected chi connectivity index (χ3v) is 5.79. The Kier molecular flexibility index (Phi) is 5.62. The molecule has 3 amide bonds. The summed E-state index contributed by atoms with van der Waals surface area (Å²) in [5.41, 5.74) is 1.73. The fraction of sp³-hybridized carbons (Fsp3) is 0.238. The van der Waals surface area contributed by atoms with Crippen LogP contribution in [-0.4, -0.2) is 64.6 Å². The molecule has 0 spiro atoms. The van der Waals surface area contributed by atoms with Gasteiger partial charge in [0.1, 0.15) is 6.54 Å². The molecule has 0 aliphatic carbocycles. The summed E-state index contributed by atoms with van der Waals surface area (Å²) in [7, 11) is 0. The van der Waals surface area contributed by atoms with Crippen molar-refractivity contribution in [1.29, 1.82) is 0 Å². The van der Waals surface area contributed by atoms with Gasteiger partial charge in [-0.1, -0.05) is 24.3 Å². The second kappa shape index (κ2) is 8.48. The minimum absolute atomic E-state index is 0.209. The average molecular weight is 408 g/mol. The van der Waals surface area contributed by atoms with Crippen LogP contribution in [0.1, 0.15) is 5.69 Å². The molecule has 29 heavy (non-hydrogen) atoms. The highest BCUT2D eigenvalue weighted by Crippen LogP contribution is 2.31. The molecule has 0 bridgehead atoms. The number of carbonyl (C=O) groups excluding carboxylic acids is 3. The summed E-state index contributed by atoms with van der Waals surface area (Å²) in [6, 6.07) is 15.4. The molecule has 2 aliphatic heterocycles. The van der Waals surface area contributed by atoms with E-state index in [1.165, 1.54) is 0 Å². The average Bonchev–Trinajstić information content (AvgIpc) is 3.02. The summed E-state index contributed by atoms with van der Waals surface area (Å²) in [5, 5.41) is -0.423. The van der Waals surface area contributed by atoms with Gasteiger partial charge in [0.05, 0.1) is 10.6 Å². The quantitative estimate of drug-likeness (QED) is 0.724. The molecule has 2 aliphatic rings. The van der Waals surface area contributed by atoms with Crippen LogP contribution in [0.25, 0.3) is 6.08 Å². The van der Waals surface area contributed by atoms with Crippen molar-refractivity contribution in [2.75, 3.05) is 37.6 Å². The summed E-state index contributed by atoms with van der Waals surface area (Å²) < 4.78 is 0. The maximum atomic E-state index is 12.7. The van der Waals surface area contributed by atoms with Crippen LogP contribution < -0.4 is 4.90 Å². The summed E-state index contributed by atoms with van der Waals surface area (Å²) in [4.78, 5) is 46.9. The molecule has 2 aromatic rings. The number of nitrogens with zero attached hydrogens (tertiary/aromatic N) is 4. The zero-order valence-corrected chi connectivity index (χ0v) is 16.5. The van der Waals surface area contributed by atoms with E-state index in [2.05, 4.69) is 9.88 Å². The summed E-state index contributed by atoms with van der Waals surface area (Å²) in [5.74, 6) is -0.652. The number of hydrogen-bond donors (Lipinski definition) is 0. The van der Waals surface area contributed by atoms with E-state index in [1.807, 2.05) is 36.4 Å². The number of amides is 3. The Labute approximate surface area is 173 Å². The molecule has 3 heterocycles. The normalized spacial score (nSPS) is 18.6. The van der Waals surface area contributed by atoms with Gasteiger partial charge in [-0.15, -0.1) is 0 Å². The van der Waals surface area contributed by atoms with Crippen molar-refractivity contribution in [1.82, 2.24) is 14.8 Å². The molecule has 0 N–H and O–H groups in total. The Bertz CT molecular complexity index is 941. The third kappa shape index (κ3) is 4.32. The fourth-order valence-corrected chi connectivity index (χ4v) is 4.14. The van der Waals surface area contributed by atoms with Gasteiger partial charge in [0, 0.05) is 38.1 Å². The van der Waals surface area contributed by atoms with Crippen LogP contribution in [0.3, 0.4) is 0 Å². The monoisotopic (exact) mass is 408 g/mol. The van der Waals surface area contributed by atoms with Gasteiger partial charge in [-0.2, -0.15) is 0 Å². The Morgan fingerprint density at radius 2 is 1.72 bits per heavy atom. The smallest absolute Gasteiger partial charge is 0.294 e. The van der Waals surface area contributed by atoms with Crippen LogP contribution in [0.2, 0.25) is 0 Å². The van der Waals surface area contributed by atoms with Crippen LogP contribution in [0.15, 0.2) is 59.6 Å². The first-order valence-corrected chi connectivity index (χ1v) is 10.2. The highest BCUT2D eigenvalue weighted by Gasteiger charge is 2.37. The summed E-state index contributed by atoms with van der Waals surface area (Å²) >= 11 is 0.843. The van der Waals surface area contributed by atoms with Crippen molar-refractivity contribution in [3.63, 3.8) is 0 Å². The van der Waals surface area contributed by atoms with Crippen molar-refractivity contribution in [3.8, 4) is 0 Å². The van der Waals surface area contributed by atoms with Crippen molar-refractivity contribution in [2.24, 2.45) is 0 Å². The lowest BCUT2D eigenvalue weighted by molar-refractivity contribution is -0.136. The number of benzene rings is 1. The molecule has 8 heteroatoms. The maximum Gasteiger partial charge on any atom is 0.294 e. The molecule has 0 atom stereocenters. The Balaban J connectivity index is 1.36. The van der Waals surface area contributed by atoms with Gasteiger partial charge in [0.2, 0.25) is 5.91 Å². The fourth-order valence-electron chi connectivity index (χ4n) is 3.32. The number of anilines is 1. The van der Waals surface area contributed by atoms with E-state index in [4.69, 9.17) is 0 Å². The number of aromatic nitrogens is 1. The van der Waals surface area contributed by atoms with Crippen LogP contribution in [0, 0.1) is 0 Å². The van der Waals surface area contributed by atoms with E-state index < -0.39 is 11.1 Å². The van der Waals surface area contributed by atoms with Gasteiger partial charge >= 0.3 is 0 Å².